The van der Waals surface area contributed by atoms with E-state index in [-0.39, 0.29) is 28.3 Å². The van der Waals surface area contributed by atoms with Crippen LogP contribution in [-0.2, 0) is 4.74 Å². The zero-order chi connectivity index (χ0) is 12.1. The first-order valence-electron chi connectivity index (χ1n) is 4.50. The van der Waals surface area contributed by atoms with Gasteiger partial charge in [-0.2, -0.15) is 5.26 Å². The number of nitrogens with zero attached hydrogens (tertiary/aromatic N) is 1. The fourth-order valence-electron chi connectivity index (χ4n) is 1.15. The van der Waals surface area contributed by atoms with Gasteiger partial charge in [0.1, 0.15) is 6.07 Å². The molecule has 0 amide bonds. The summed E-state index contributed by atoms with van der Waals surface area (Å²) in [5.74, 6) is -0.626. The van der Waals surface area contributed by atoms with Gasteiger partial charge in [-0.15, -0.1) is 0 Å². The molecule has 0 aromatic heterocycles. The van der Waals surface area contributed by atoms with Crippen LogP contribution in [0.1, 0.15) is 33.2 Å². The molecule has 0 unspecified atom stereocenters. The van der Waals surface area contributed by atoms with Crippen LogP contribution in [0.5, 0.6) is 0 Å². The highest BCUT2D eigenvalue weighted by Gasteiger charge is 2.15. The van der Waals surface area contributed by atoms with E-state index >= 15 is 0 Å². The van der Waals surface area contributed by atoms with Crippen LogP contribution in [0.2, 0.25) is 5.02 Å². The maximum Gasteiger partial charge on any atom is 0.339 e. The predicted molar refractivity (Wildman–Crippen MR) is 57.5 cm³/mol. The van der Waals surface area contributed by atoms with Gasteiger partial charge in [0.05, 0.1) is 22.8 Å². The zero-order valence-electron chi connectivity index (χ0n) is 8.49. The molecule has 5 heteroatoms. The molecule has 0 bridgehead atoms. The van der Waals surface area contributed by atoms with Gasteiger partial charge in [-0.1, -0.05) is 11.6 Å². The van der Waals surface area contributed by atoms with Crippen LogP contribution in [0.3, 0.4) is 0 Å². The van der Waals surface area contributed by atoms with Crippen molar-refractivity contribution >= 4 is 23.9 Å². The molecule has 16 heavy (non-hydrogen) atoms. The van der Waals surface area contributed by atoms with E-state index in [1.165, 1.54) is 12.1 Å². The van der Waals surface area contributed by atoms with Gasteiger partial charge in [-0.25, -0.2) is 4.79 Å². The molecule has 0 heterocycles. The number of rotatable bonds is 3. The van der Waals surface area contributed by atoms with Crippen LogP contribution in [0.25, 0.3) is 0 Å². The van der Waals surface area contributed by atoms with Gasteiger partial charge in [0, 0.05) is 5.56 Å². The first kappa shape index (κ1) is 12.2. The van der Waals surface area contributed by atoms with Gasteiger partial charge in [-0.05, 0) is 19.1 Å². The Hall–Kier alpha value is -1.86. The largest absolute Gasteiger partial charge is 0.462 e. The fourth-order valence-corrected chi connectivity index (χ4v) is 1.36. The van der Waals surface area contributed by atoms with Crippen molar-refractivity contribution in [2.75, 3.05) is 6.61 Å². The molecular weight excluding hydrogens is 230 g/mol. The molecule has 1 aromatic carbocycles. The van der Waals surface area contributed by atoms with Crippen molar-refractivity contribution in [1.29, 1.82) is 5.26 Å². The molecule has 1 rings (SSSR count). The van der Waals surface area contributed by atoms with E-state index in [2.05, 4.69) is 0 Å². The van der Waals surface area contributed by atoms with Gasteiger partial charge in [0.2, 0.25) is 0 Å². The Bertz CT molecular complexity index is 477. The van der Waals surface area contributed by atoms with Gasteiger partial charge in [0.15, 0.2) is 6.29 Å². The number of hydrogen-bond acceptors (Lipinski definition) is 4. The van der Waals surface area contributed by atoms with Crippen molar-refractivity contribution in [2.45, 2.75) is 6.92 Å². The average Bonchev–Trinajstić information content (AvgIpc) is 2.29. The smallest absolute Gasteiger partial charge is 0.339 e. The number of hydrogen-bond donors (Lipinski definition) is 0. The average molecular weight is 238 g/mol. The molecule has 0 N–H and O–H groups in total. The lowest BCUT2D eigenvalue weighted by atomic mass is 10.1. The fraction of sp³-hybridized carbons (Fsp3) is 0.182. The molecule has 0 radical (unpaired) electrons. The summed E-state index contributed by atoms with van der Waals surface area (Å²) < 4.78 is 4.76. The van der Waals surface area contributed by atoms with Crippen molar-refractivity contribution in [3.05, 3.63) is 33.8 Å². The molecule has 1 aromatic rings. The molecule has 0 saturated heterocycles. The highest BCUT2D eigenvalue weighted by Crippen LogP contribution is 2.20. The van der Waals surface area contributed by atoms with E-state index in [0.29, 0.717) is 6.29 Å². The number of benzene rings is 1. The second kappa shape index (κ2) is 5.29. The number of carbonyl (C=O) groups excluding carboxylic acids is 2. The summed E-state index contributed by atoms with van der Waals surface area (Å²) in [6, 6.07) is 4.35. The molecule has 0 aliphatic carbocycles. The Morgan fingerprint density at radius 2 is 2.31 bits per heavy atom. The zero-order valence-corrected chi connectivity index (χ0v) is 9.25. The molecule has 82 valence electrons. The van der Waals surface area contributed by atoms with Crippen molar-refractivity contribution < 1.29 is 14.3 Å². The third-order valence-electron chi connectivity index (χ3n) is 1.88. The highest BCUT2D eigenvalue weighted by molar-refractivity contribution is 6.33. The quantitative estimate of drug-likeness (QED) is 0.597. The topological polar surface area (TPSA) is 67.2 Å². The molecule has 0 atom stereocenters. The lowest BCUT2D eigenvalue weighted by Crippen LogP contribution is -2.07. The van der Waals surface area contributed by atoms with Crippen LogP contribution in [0.15, 0.2) is 12.1 Å². The second-order valence-electron chi connectivity index (χ2n) is 2.87. The maximum atomic E-state index is 11.5. The number of ether oxygens (including phenoxy) is 1. The molecule has 4 nitrogen and oxygen atoms in total. The van der Waals surface area contributed by atoms with E-state index in [1.807, 2.05) is 6.07 Å². The highest BCUT2D eigenvalue weighted by atomic mass is 35.5. The summed E-state index contributed by atoms with van der Waals surface area (Å²) in [7, 11) is 0. The van der Waals surface area contributed by atoms with Crippen molar-refractivity contribution in [3.63, 3.8) is 0 Å². The summed E-state index contributed by atoms with van der Waals surface area (Å²) in [5, 5.41) is 8.95. The third-order valence-corrected chi connectivity index (χ3v) is 2.21. The van der Waals surface area contributed by atoms with Gasteiger partial charge in [-0.3, -0.25) is 4.79 Å². The standard InChI is InChI=1S/C11H8ClNO3/c1-2-16-11(15)9-4-10(12)8(6-14)3-7(9)5-13/h3-4,6H,2H2,1H3. The SMILES string of the molecule is CCOC(=O)c1cc(Cl)c(C=O)cc1C#N. The molecular formula is C11H8ClNO3. The van der Waals surface area contributed by atoms with Gasteiger partial charge >= 0.3 is 5.97 Å². The minimum Gasteiger partial charge on any atom is -0.462 e. The molecule has 0 aliphatic heterocycles. The van der Waals surface area contributed by atoms with Crippen molar-refractivity contribution in [3.8, 4) is 6.07 Å². The summed E-state index contributed by atoms with van der Waals surface area (Å²) in [5.41, 5.74) is 0.316. The van der Waals surface area contributed by atoms with Gasteiger partial charge < -0.3 is 4.74 Å². The lowest BCUT2D eigenvalue weighted by molar-refractivity contribution is 0.0526. The molecule has 0 saturated carbocycles. The second-order valence-corrected chi connectivity index (χ2v) is 3.28. The Morgan fingerprint density at radius 1 is 1.62 bits per heavy atom. The van der Waals surface area contributed by atoms with Crippen molar-refractivity contribution in [2.24, 2.45) is 0 Å². The van der Waals surface area contributed by atoms with E-state index in [0.717, 1.165) is 0 Å². The summed E-state index contributed by atoms with van der Waals surface area (Å²) in [6.07, 6.45) is 0.526. The first-order valence-corrected chi connectivity index (χ1v) is 4.87. The lowest BCUT2D eigenvalue weighted by Gasteiger charge is -2.05. The van der Waals surface area contributed by atoms with Crippen LogP contribution in [-0.4, -0.2) is 18.9 Å². The Morgan fingerprint density at radius 3 is 2.81 bits per heavy atom. The monoisotopic (exact) mass is 237 g/mol. The van der Waals surface area contributed by atoms with E-state index in [1.54, 1.807) is 6.92 Å². The summed E-state index contributed by atoms with van der Waals surface area (Å²) in [6.45, 7) is 1.86. The minimum atomic E-state index is -0.626. The molecule has 0 fully saturated rings. The number of nitriles is 1. The number of halogens is 1. The van der Waals surface area contributed by atoms with Crippen LogP contribution in [0, 0.1) is 11.3 Å². The normalized spacial score (nSPS) is 9.31. The van der Waals surface area contributed by atoms with Crippen LogP contribution in [0.4, 0.5) is 0 Å². The third kappa shape index (κ3) is 2.38. The van der Waals surface area contributed by atoms with E-state index < -0.39 is 5.97 Å². The van der Waals surface area contributed by atoms with E-state index in [9.17, 15) is 9.59 Å². The van der Waals surface area contributed by atoms with Gasteiger partial charge in [0.25, 0.3) is 0 Å². The molecule has 0 spiro atoms. The predicted octanol–water partition coefficient (Wildman–Crippen LogP) is 2.20. The van der Waals surface area contributed by atoms with E-state index in [4.69, 9.17) is 21.6 Å². The maximum absolute atomic E-state index is 11.5. The summed E-state index contributed by atoms with van der Waals surface area (Å²) in [4.78, 5) is 22.0. The Kier molecular flexibility index (Phi) is 4.03. The van der Waals surface area contributed by atoms with Crippen molar-refractivity contribution in [1.82, 2.24) is 0 Å². The Labute approximate surface area is 97.4 Å². The first-order chi connectivity index (χ1) is 7.63. The number of carbonyl (C=O) groups is 2. The molecule has 0 aliphatic rings. The minimum absolute atomic E-state index is 0.0694. The summed E-state index contributed by atoms with van der Waals surface area (Å²) >= 11 is 5.75. The van der Waals surface area contributed by atoms with Crippen LogP contribution < -0.4 is 0 Å². The number of aldehydes is 1. The Balaban J connectivity index is 3.30. The van der Waals surface area contributed by atoms with Crippen LogP contribution >= 0.6 is 11.6 Å². The number of esters is 1.